The summed E-state index contributed by atoms with van der Waals surface area (Å²) in [7, 11) is 0. The predicted molar refractivity (Wildman–Crippen MR) is 92.1 cm³/mol. The first-order valence-electron chi connectivity index (χ1n) is 8.29. The van der Waals surface area contributed by atoms with Crippen molar-refractivity contribution < 1.29 is 28.6 Å². The molecule has 0 aromatic carbocycles. The molecule has 1 amide bonds. The first-order chi connectivity index (χ1) is 11.3. The molecule has 0 N–H and O–H groups in total. The van der Waals surface area contributed by atoms with Gasteiger partial charge in [0.2, 0.25) is 0 Å². The van der Waals surface area contributed by atoms with E-state index < -0.39 is 41.2 Å². The van der Waals surface area contributed by atoms with Gasteiger partial charge in [-0.3, -0.25) is 9.69 Å². The molecule has 1 heterocycles. The molecule has 1 aliphatic heterocycles. The van der Waals surface area contributed by atoms with E-state index in [1.165, 1.54) is 4.90 Å². The summed E-state index contributed by atoms with van der Waals surface area (Å²) in [4.78, 5) is 38.3. The topological polar surface area (TPSA) is 82.1 Å². The Hall–Kier alpha value is -1.50. The van der Waals surface area contributed by atoms with E-state index in [-0.39, 0.29) is 19.0 Å². The summed E-state index contributed by atoms with van der Waals surface area (Å²) < 4.78 is 15.6. The van der Waals surface area contributed by atoms with Gasteiger partial charge in [0.1, 0.15) is 17.2 Å². The molecule has 1 rings (SSSR count). The van der Waals surface area contributed by atoms with Gasteiger partial charge < -0.3 is 14.2 Å². The minimum absolute atomic E-state index is 0.115. The predicted octanol–water partition coefficient (Wildman–Crippen LogP) is 3.08. The first kappa shape index (κ1) is 21.5. The van der Waals surface area contributed by atoms with E-state index in [4.69, 9.17) is 25.8 Å². The molecule has 0 saturated carbocycles. The smallest absolute Gasteiger partial charge is 0.411 e. The minimum Gasteiger partial charge on any atom is -0.458 e. The number of amides is 1. The van der Waals surface area contributed by atoms with Crippen LogP contribution in [0, 0.1) is 5.92 Å². The van der Waals surface area contributed by atoms with E-state index in [9.17, 15) is 14.4 Å². The minimum atomic E-state index is -0.907. The SMILES string of the molecule is CC(C)(C)OC(=O)C1CC(C(=O)OCCl)CCN1C(=O)OC(C)(C)C. The molecule has 8 heteroatoms. The lowest BCUT2D eigenvalue weighted by Crippen LogP contribution is -2.54. The lowest BCUT2D eigenvalue weighted by Gasteiger charge is -2.38. The summed E-state index contributed by atoms with van der Waals surface area (Å²) in [6, 6.07) is -1.15. The lowest BCUT2D eigenvalue weighted by molar-refractivity contribution is -0.165. The number of halogens is 1. The number of nitrogens with zero attached hydrogens (tertiary/aromatic N) is 1. The fraction of sp³-hybridized carbons (Fsp3) is 0.824. The van der Waals surface area contributed by atoms with Crippen molar-refractivity contribution in [1.29, 1.82) is 0 Å². The Labute approximate surface area is 153 Å². The normalized spacial score (nSPS) is 21.5. The number of hydrogen-bond donors (Lipinski definition) is 0. The Balaban J connectivity index is 2.96. The van der Waals surface area contributed by atoms with Gasteiger partial charge in [-0.25, -0.2) is 9.59 Å². The Kier molecular flexibility index (Phi) is 7.11. The number of alkyl halides is 1. The molecule has 0 aromatic heterocycles. The quantitative estimate of drug-likeness (QED) is 0.427. The zero-order valence-electron chi connectivity index (χ0n) is 15.8. The van der Waals surface area contributed by atoms with E-state index in [0.29, 0.717) is 6.42 Å². The Bertz CT molecular complexity index is 508. The van der Waals surface area contributed by atoms with Crippen molar-refractivity contribution >= 4 is 29.6 Å². The average Bonchev–Trinajstić information content (AvgIpc) is 2.43. The molecular weight excluding hydrogens is 350 g/mol. The molecule has 1 saturated heterocycles. The van der Waals surface area contributed by atoms with E-state index >= 15 is 0 Å². The third-order valence-corrected chi connectivity index (χ3v) is 3.55. The molecule has 7 nitrogen and oxygen atoms in total. The number of likely N-dealkylation sites (tertiary alicyclic amines) is 1. The van der Waals surface area contributed by atoms with Crippen LogP contribution in [0.15, 0.2) is 0 Å². The third kappa shape index (κ3) is 7.10. The van der Waals surface area contributed by atoms with Gasteiger partial charge in [-0.15, -0.1) is 0 Å². The third-order valence-electron chi connectivity index (χ3n) is 3.44. The molecular formula is C17H28ClNO6. The molecule has 0 aliphatic carbocycles. The summed E-state index contributed by atoms with van der Waals surface area (Å²) in [5, 5.41) is 0. The Morgan fingerprint density at radius 1 is 1.00 bits per heavy atom. The van der Waals surface area contributed by atoms with E-state index in [1.807, 2.05) is 0 Å². The fourth-order valence-corrected chi connectivity index (χ4v) is 2.59. The highest BCUT2D eigenvalue weighted by molar-refractivity contribution is 6.17. The van der Waals surface area contributed by atoms with Crippen LogP contribution in [0.3, 0.4) is 0 Å². The van der Waals surface area contributed by atoms with Gasteiger partial charge in [0.25, 0.3) is 0 Å². The van der Waals surface area contributed by atoms with Crippen LogP contribution in [-0.2, 0) is 23.8 Å². The number of rotatable bonds is 3. The highest BCUT2D eigenvalue weighted by Gasteiger charge is 2.42. The fourth-order valence-electron chi connectivity index (χ4n) is 2.48. The second kappa shape index (κ2) is 8.25. The van der Waals surface area contributed by atoms with E-state index in [0.717, 1.165) is 0 Å². The molecule has 25 heavy (non-hydrogen) atoms. The zero-order chi connectivity index (χ0) is 19.4. The van der Waals surface area contributed by atoms with Crippen molar-refractivity contribution in [2.24, 2.45) is 5.92 Å². The van der Waals surface area contributed by atoms with E-state index in [1.54, 1.807) is 41.5 Å². The second-order valence-corrected chi connectivity index (χ2v) is 8.24. The van der Waals surface area contributed by atoms with Crippen molar-refractivity contribution in [3.05, 3.63) is 0 Å². The molecule has 0 aromatic rings. The maximum absolute atomic E-state index is 12.6. The van der Waals surface area contributed by atoms with Crippen LogP contribution < -0.4 is 0 Å². The molecule has 144 valence electrons. The summed E-state index contributed by atoms with van der Waals surface area (Å²) >= 11 is 5.43. The molecule has 1 fully saturated rings. The standard InChI is InChI=1S/C17H28ClNO6/c1-16(2,3)24-14(21)12-9-11(13(20)23-10-18)7-8-19(12)15(22)25-17(4,5)6/h11-12H,7-10H2,1-6H3. The highest BCUT2D eigenvalue weighted by Crippen LogP contribution is 2.28. The number of ether oxygens (including phenoxy) is 3. The summed E-state index contributed by atoms with van der Waals surface area (Å²) in [6.45, 7) is 10.7. The van der Waals surface area contributed by atoms with Gasteiger partial charge in [-0.2, -0.15) is 0 Å². The number of piperidine rings is 1. The largest absolute Gasteiger partial charge is 0.458 e. The van der Waals surface area contributed by atoms with Crippen LogP contribution in [0.25, 0.3) is 0 Å². The number of carbonyl (C=O) groups excluding carboxylic acids is 3. The van der Waals surface area contributed by atoms with Gasteiger partial charge in [0.15, 0.2) is 6.07 Å². The lowest BCUT2D eigenvalue weighted by atomic mass is 9.91. The van der Waals surface area contributed by atoms with Crippen molar-refractivity contribution in [1.82, 2.24) is 4.90 Å². The molecule has 2 atom stereocenters. The first-order valence-corrected chi connectivity index (χ1v) is 8.82. The maximum Gasteiger partial charge on any atom is 0.411 e. The zero-order valence-corrected chi connectivity index (χ0v) is 16.5. The van der Waals surface area contributed by atoms with Crippen LogP contribution in [0.4, 0.5) is 4.79 Å². The van der Waals surface area contributed by atoms with Crippen LogP contribution in [0.2, 0.25) is 0 Å². The van der Waals surface area contributed by atoms with Gasteiger partial charge in [-0.05, 0) is 54.4 Å². The second-order valence-electron chi connectivity index (χ2n) is 8.02. The van der Waals surface area contributed by atoms with Crippen molar-refractivity contribution in [3.8, 4) is 0 Å². The molecule has 2 unspecified atom stereocenters. The van der Waals surface area contributed by atoms with Gasteiger partial charge in [-0.1, -0.05) is 11.6 Å². The maximum atomic E-state index is 12.6. The monoisotopic (exact) mass is 377 g/mol. The molecule has 0 spiro atoms. The Morgan fingerprint density at radius 2 is 1.56 bits per heavy atom. The van der Waals surface area contributed by atoms with E-state index in [2.05, 4.69) is 0 Å². The molecule has 1 aliphatic rings. The van der Waals surface area contributed by atoms with Crippen molar-refractivity contribution in [2.75, 3.05) is 12.6 Å². The van der Waals surface area contributed by atoms with Crippen LogP contribution >= 0.6 is 11.6 Å². The van der Waals surface area contributed by atoms with Gasteiger partial charge >= 0.3 is 18.0 Å². The summed E-state index contributed by atoms with van der Waals surface area (Å²) in [5.74, 6) is -1.57. The number of carbonyl (C=O) groups is 3. The molecule has 0 radical (unpaired) electrons. The highest BCUT2D eigenvalue weighted by atomic mass is 35.5. The van der Waals surface area contributed by atoms with Crippen molar-refractivity contribution in [3.63, 3.8) is 0 Å². The van der Waals surface area contributed by atoms with Gasteiger partial charge in [0, 0.05) is 6.54 Å². The van der Waals surface area contributed by atoms with Crippen LogP contribution in [0.1, 0.15) is 54.4 Å². The summed E-state index contributed by atoms with van der Waals surface area (Å²) in [5.41, 5.74) is -1.40. The summed E-state index contributed by atoms with van der Waals surface area (Å²) in [6.07, 6.45) is -0.120. The van der Waals surface area contributed by atoms with Crippen molar-refractivity contribution in [2.45, 2.75) is 71.6 Å². The number of esters is 2. The van der Waals surface area contributed by atoms with Gasteiger partial charge in [0.05, 0.1) is 5.92 Å². The number of hydrogen-bond acceptors (Lipinski definition) is 6. The van der Waals surface area contributed by atoms with Crippen LogP contribution in [-0.4, -0.2) is 52.8 Å². The average molecular weight is 378 g/mol. The van der Waals surface area contributed by atoms with Crippen LogP contribution in [0.5, 0.6) is 0 Å². The Morgan fingerprint density at radius 3 is 2.04 bits per heavy atom. The molecule has 0 bridgehead atoms.